The highest BCUT2D eigenvalue weighted by Gasteiger charge is 2.29. The summed E-state index contributed by atoms with van der Waals surface area (Å²) < 4.78 is 23.1. The molecule has 3 aromatic carbocycles. The number of carbonyl (C=O) groups is 1. The molecule has 1 aliphatic carbocycles. The highest BCUT2D eigenvalue weighted by molar-refractivity contribution is 8.25. The number of nitrogens with zero attached hydrogens (tertiary/aromatic N) is 1. The highest BCUT2D eigenvalue weighted by atomic mass is 35.5. The van der Waals surface area contributed by atoms with Gasteiger partial charge in [-0.2, -0.15) is 0 Å². The Morgan fingerprint density at radius 3 is 2.51 bits per heavy atom. The number of halogens is 1. The predicted molar refractivity (Wildman–Crippen MR) is 180 cm³/mol. The molecule has 0 saturated carbocycles. The molecule has 1 unspecified atom stereocenters. The van der Waals surface area contributed by atoms with Crippen LogP contribution in [0.15, 0.2) is 72.8 Å². The third-order valence-electron chi connectivity index (χ3n) is 8.27. The zero-order valence-electron chi connectivity index (χ0n) is 24.7. The molecule has 8 nitrogen and oxygen atoms in total. The van der Waals surface area contributed by atoms with Crippen LogP contribution in [0.25, 0.3) is 0 Å². The van der Waals surface area contributed by atoms with E-state index >= 15 is 0 Å². The van der Waals surface area contributed by atoms with Crippen LogP contribution < -0.4 is 20.3 Å². The minimum atomic E-state index is -2.94. The molecule has 0 bridgehead atoms. The van der Waals surface area contributed by atoms with E-state index in [9.17, 15) is 19.0 Å². The van der Waals surface area contributed by atoms with Gasteiger partial charge in [-0.05, 0) is 80.3 Å². The first kappa shape index (κ1) is 33.1. The molecule has 10 heteroatoms. The normalized spacial score (nSPS) is 19.7. The lowest BCUT2D eigenvalue weighted by Crippen LogP contribution is -2.50. The topological polar surface area (TPSA) is 117 Å². The Hall–Kier alpha value is -2.79. The van der Waals surface area contributed by atoms with Crippen LogP contribution in [0.2, 0.25) is 0 Å². The number of amides is 1. The smallest absolute Gasteiger partial charge is 0.251 e. The summed E-state index contributed by atoms with van der Waals surface area (Å²) in [4.78, 5) is 13.7. The van der Waals surface area contributed by atoms with Crippen LogP contribution in [-0.4, -0.2) is 63.7 Å². The maximum absolute atomic E-state index is 13.7. The molecule has 0 radical (unpaired) electrons. The average molecular weight is 629 g/mol. The predicted octanol–water partition coefficient (Wildman–Crippen LogP) is 5.66. The molecular weight excluding hydrogens is 584 g/mol. The zero-order valence-corrected chi connectivity index (χ0v) is 26.4. The first-order valence-electron chi connectivity index (χ1n) is 15.1. The molecule has 5 rings (SSSR count). The molecule has 2 aliphatic rings. The molecular formula is C33H45ClN4O4S. The van der Waals surface area contributed by atoms with E-state index < -0.39 is 22.9 Å². The van der Waals surface area contributed by atoms with Gasteiger partial charge in [0.25, 0.3) is 5.91 Å². The van der Waals surface area contributed by atoms with Crippen LogP contribution in [0, 0.1) is 0 Å². The minimum Gasteiger partial charge on any atom is -0.390 e. The Bertz CT molecular complexity index is 1350. The van der Waals surface area contributed by atoms with Crippen LogP contribution in [0.1, 0.15) is 53.2 Å². The Balaban J connectivity index is 0.00000423. The second-order valence-electron chi connectivity index (χ2n) is 11.4. The van der Waals surface area contributed by atoms with E-state index in [0.717, 1.165) is 43.4 Å². The lowest BCUT2D eigenvalue weighted by atomic mass is 9.88. The van der Waals surface area contributed by atoms with Crippen LogP contribution in [0.3, 0.4) is 0 Å². The molecule has 6 N–H and O–H groups in total. The number of rotatable bonds is 11. The number of hydrogen-bond acceptors (Lipinski definition) is 7. The molecule has 1 fully saturated rings. The summed E-state index contributed by atoms with van der Waals surface area (Å²) in [5, 5.41) is 21.3. The van der Waals surface area contributed by atoms with Crippen LogP contribution in [0.4, 0.5) is 11.4 Å². The molecule has 234 valence electrons. The van der Waals surface area contributed by atoms with E-state index in [4.69, 9.17) is 0 Å². The van der Waals surface area contributed by atoms with E-state index in [1.807, 2.05) is 43.3 Å². The number of fused-ring (bicyclic) bond motifs is 1. The number of benzene rings is 3. The molecule has 1 aliphatic heterocycles. The van der Waals surface area contributed by atoms with Crippen molar-refractivity contribution in [3.8, 4) is 0 Å². The second kappa shape index (κ2) is 15.3. The number of aryl methyl sites for hydroxylation is 1. The molecule has 3 atom stereocenters. The molecule has 1 saturated heterocycles. The number of carbonyl (C=O) groups excluding carboxylic acids is 1. The molecule has 0 spiro atoms. The fraction of sp³-hybridized carbons (Fsp3) is 0.424. The van der Waals surface area contributed by atoms with Gasteiger partial charge in [0, 0.05) is 36.9 Å². The average Bonchev–Trinajstić information content (AvgIpc) is 2.99. The number of aliphatic hydroxyl groups excluding tert-OH is 1. The van der Waals surface area contributed by atoms with Gasteiger partial charge in [0.2, 0.25) is 0 Å². The number of anilines is 2. The van der Waals surface area contributed by atoms with Crippen molar-refractivity contribution in [1.82, 2.24) is 10.6 Å². The number of nitrogens with one attached hydrogen (secondary N) is 3. The van der Waals surface area contributed by atoms with E-state index in [1.54, 1.807) is 16.4 Å². The van der Waals surface area contributed by atoms with Gasteiger partial charge >= 0.3 is 0 Å². The van der Waals surface area contributed by atoms with Crippen LogP contribution in [0.5, 0.6) is 0 Å². The van der Waals surface area contributed by atoms with E-state index in [0.29, 0.717) is 43.1 Å². The van der Waals surface area contributed by atoms with Crippen molar-refractivity contribution in [3.05, 3.63) is 95.1 Å². The van der Waals surface area contributed by atoms with Gasteiger partial charge in [-0.15, -0.1) is 23.2 Å². The van der Waals surface area contributed by atoms with Gasteiger partial charge in [-0.25, -0.2) is 0 Å². The van der Waals surface area contributed by atoms with Gasteiger partial charge in [-0.1, -0.05) is 54.6 Å². The number of hydrogen-bond donors (Lipinski definition) is 6. The minimum absolute atomic E-state index is 0. The van der Waals surface area contributed by atoms with Crippen molar-refractivity contribution in [2.45, 2.75) is 63.6 Å². The largest absolute Gasteiger partial charge is 0.390 e. The first-order valence-corrected chi connectivity index (χ1v) is 16.7. The van der Waals surface area contributed by atoms with Gasteiger partial charge in [0.1, 0.15) is 0 Å². The number of aliphatic hydroxyl groups is 1. The van der Waals surface area contributed by atoms with Crippen molar-refractivity contribution in [1.29, 1.82) is 0 Å². The van der Waals surface area contributed by atoms with Crippen molar-refractivity contribution in [2.24, 2.45) is 0 Å². The summed E-state index contributed by atoms with van der Waals surface area (Å²) in [5.74, 6) is 0.0151. The summed E-state index contributed by atoms with van der Waals surface area (Å²) in [6.07, 6.45) is 4.24. The Labute approximate surface area is 263 Å². The van der Waals surface area contributed by atoms with E-state index in [2.05, 4.69) is 40.2 Å². The molecule has 43 heavy (non-hydrogen) atoms. The summed E-state index contributed by atoms with van der Waals surface area (Å²) in [5.41, 5.74) is 5.53. The molecule has 3 aromatic rings. The first-order chi connectivity index (χ1) is 20.3. The fourth-order valence-corrected chi connectivity index (χ4v) is 7.68. The standard InChI is InChI=1S/C33H44N4O4S.ClH/c1-2-34-29-20-27(21-30(22-29)37-16-8-9-17-42(37,40)41)33(39)36-31(18-24-10-4-3-5-11-24)32(38)23-35-28-15-14-25-12-6-7-13-26(25)19-28;/h3-7,10-13,20-22,28,31-32,34-35,38,40-41H,2,8-9,14-19,23H2,1H3,(H,36,39);1H/t28?,31-,32+;/m0./s1. The maximum atomic E-state index is 13.7. The highest BCUT2D eigenvalue weighted by Crippen LogP contribution is 2.50. The third-order valence-corrected chi connectivity index (χ3v) is 10.2. The third kappa shape index (κ3) is 8.65. The van der Waals surface area contributed by atoms with E-state index in [1.165, 1.54) is 11.1 Å². The summed E-state index contributed by atoms with van der Waals surface area (Å²) in [6, 6.07) is 23.5. The van der Waals surface area contributed by atoms with Gasteiger partial charge in [0.15, 0.2) is 0 Å². The molecule has 0 aromatic heterocycles. The lowest BCUT2D eigenvalue weighted by Gasteiger charge is -2.47. The monoisotopic (exact) mass is 628 g/mol. The summed E-state index contributed by atoms with van der Waals surface area (Å²) in [6.45, 7) is 3.52. The van der Waals surface area contributed by atoms with Gasteiger partial charge < -0.3 is 21.1 Å². The Morgan fingerprint density at radius 2 is 1.77 bits per heavy atom. The van der Waals surface area contributed by atoms with Crippen molar-refractivity contribution < 1.29 is 19.0 Å². The van der Waals surface area contributed by atoms with Crippen molar-refractivity contribution in [3.63, 3.8) is 0 Å². The SMILES string of the molecule is CCNc1cc(C(=O)N[C@@H](Cc2ccccc2)[C@H](O)CNC2CCc3ccccc3C2)cc(N2CCCCS2(O)O)c1.Cl. The van der Waals surface area contributed by atoms with Crippen molar-refractivity contribution in [2.75, 3.05) is 35.0 Å². The Kier molecular flexibility index (Phi) is 11.8. The van der Waals surface area contributed by atoms with Crippen molar-refractivity contribution >= 4 is 40.5 Å². The maximum Gasteiger partial charge on any atom is 0.251 e. The van der Waals surface area contributed by atoms with E-state index in [-0.39, 0.29) is 24.4 Å². The fourth-order valence-electron chi connectivity index (χ4n) is 6.00. The molecule has 1 heterocycles. The lowest BCUT2D eigenvalue weighted by molar-refractivity contribution is 0.0823. The summed E-state index contributed by atoms with van der Waals surface area (Å²) in [7, 11) is -2.94. The Morgan fingerprint density at radius 1 is 1.02 bits per heavy atom. The van der Waals surface area contributed by atoms with Gasteiger partial charge in [0.05, 0.1) is 23.6 Å². The van der Waals surface area contributed by atoms with Crippen LogP contribution in [-0.2, 0) is 19.3 Å². The quantitative estimate of drug-likeness (QED) is 0.162. The second-order valence-corrected chi connectivity index (χ2v) is 13.5. The van der Waals surface area contributed by atoms with Gasteiger partial charge in [-0.3, -0.25) is 18.2 Å². The van der Waals surface area contributed by atoms with Crippen LogP contribution >= 0.6 is 23.2 Å². The molecule has 1 amide bonds. The zero-order chi connectivity index (χ0) is 29.5. The summed E-state index contributed by atoms with van der Waals surface area (Å²) >= 11 is 0.